The van der Waals surface area contributed by atoms with E-state index < -0.39 is 5.97 Å². The Hall–Kier alpha value is -1.47. The molecule has 0 fully saturated rings. The number of rotatable bonds is 2. The number of carbonyl (C=O) groups excluding carboxylic acids is 1. The zero-order chi connectivity index (χ0) is 10.6. The number of anilines is 1. The van der Waals surface area contributed by atoms with Crippen molar-refractivity contribution in [3.05, 3.63) is 28.2 Å². The molecule has 0 saturated carbocycles. The van der Waals surface area contributed by atoms with E-state index >= 15 is 0 Å². The maximum Gasteiger partial charge on any atom is 0.339 e. The van der Waals surface area contributed by atoms with E-state index in [2.05, 4.69) is 21.9 Å². The van der Waals surface area contributed by atoms with E-state index in [1.165, 1.54) is 6.07 Å². The van der Waals surface area contributed by atoms with Crippen molar-refractivity contribution in [2.24, 2.45) is 0 Å². The number of halogens is 1. The van der Waals surface area contributed by atoms with Crippen LogP contribution in [0, 0.1) is 12.3 Å². The lowest BCUT2D eigenvalue weighted by Gasteiger charge is -2.03. The molecule has 0 aliphatic carbocycles. The molecule has 0 bridgehead atoms. The van der Waals surface area contributed by atoms with Crippen molar-refractivity contribution >= 4 is 27.6 Å². The summed E-state index contributed by atoms with van der Waals surface area (Å²) in [6, 6.07) is 4.82. The molecule has 0 aliphatic heterocycles. The maximum absolute atomic E-state index is 11.3. The maximum atomic E-state index is 11.3. The molecular formula is C10H8BrNO2. The SMILES string of the molecule is C#CCOC(=O)c1ccc(Br)c(N)c1. The summed E-state index contributed by atoms with van der Waals surface area (Å²) in [6.07, 6.45) is 4.95. The Kier molecular flexibility index (Phi) is 3.55. The molecule has 1 rings (SSSR count). The topological polar surface area (TPSA) is 52.3 Å². The third-order valence-electron chi connectivity index (χ3n) is 1.52. The minimum Gasteiger partial charge on any atom is -0.449 e. The average Bonchev–Trinajstić information content (AvgIpc) is 2.18. The van der Waals surface area contributed by atoms with Gasteiger partial charge in [0, 0.05) is 10.2 Å². The van der Waals surface area contributed by atoms with Gasteiger partial charge in [0.15, 0.2) is 6.61 Å². The minimum absolute atomic E-state index is 0.0329. The second kappa shape index (κ2) is 4.68. The monoisotopic (exact) mass is 253 g/mol. The lowest BCUT2D eigenvalue weighted by atomic mass is 10.2. The quantitative estimate of drug-likeness (QED) is 0.497. The van der Waals surface area contributed by atoms with Gasteiger partial charge in [0.05, 0.1) is 5.56 Å². The Morgan fingerprint density at radius 3 is 2.93 bits per heavy atom. The second-order valence-electron chi connectivity index (χ2n) is 2.52. The Labute approximate surface area is 90.4 Å². The first-order chi connectivity index (χ1) is 6.65. The zero-order valence-corrected chi connectivity index (χ0v) is 8.87. The molecule has 0 atom stereocenters. The van der Waals surface area contributed by atoms with E-state index in [9.17, 15) is 4.79 Å². The lowest BCUT2D eigenvalue weighted by Crippen LogP contribution is -2.05. The van der Waals surface area contributed by atoms with Crippen LogP contribution in [0.4, 0.5) is 5.69 Å². The van der Waals surface area contributed by atoms with Crippen molar-refractivity contribution in [3.63, 3.8) is 0 Å². The van der Waals surface area contributed by atoms with Gasteiger partial charge >= 0.3 is 5.97 Å². The van der Waals surface area contributed by atoms with Gasteiger partial charge in [0.2, 0.25) is 0 Å². The van der Waals surface area contributed by atoms with Crippen LogP contribution in [-0.2, 0) is 4.74 Å². The number of ether oxygens (including phenoxy) is 1. The Morgan fingerprint density at radius 1 is 1.64 bits per heavy atom. The van der Waals surface area contributed by atoms with Crippen LogP contribution in [-0.4, -0.2) is 12.6 Å². The molecule has 0 saturated heterocycles. The van der Waals surface area contributed by atoms with E-state index in [0.717, 1.165) is 4.47 Å². The molecule has 1 aromatic rings. The number of nitrogen functional groups attached to an aromatic ring is 1. The summed E-state index contributed by atoms with van der Waals surface area (Å²) in [4.78, 5) is 11.3. The summed E-state index contributed by atoms with van der Waals surface area (Å²) in [5.41, 5.74) is 6.47. The third kappa shape index (κ3) is 2.51. The summed E-state index contributed by atoms with van der Waals surface area (Å²) in [7, 11) is 0. The minimum atomic E-state index is -0.470. The van der Waals surface area contributed by atoms with Crippen LogP contribution in [0.5, 0.6) is 0 Å². The first-order valence-electron chi connectivity index (χ1n) is 3.80. The second-order valence-corrected chi connectivity index (χ2v) is 3.37. The molecular weight excluding hydrogens is 246 g/mol. The van der Waals surface area contributed by atoms with E-state index in [0.29, 0.717) is 11.3 Å². The number of benzene rings is 1. The highest BCUT2D eigenvalue weighted by Gasteiger charge is 2.07. The fourth-order valence-corrected chi connectivity index (χ4v) is 1.11. The first-order valence-corrected chi connectivity index (χ1v) is 4.60. The van der Waals surface area contributed by atoms with Crippen LogP contribution in [0.2, 0.25) is 0 Å². The average molecular weight is 254 g/mol. The molecule has 0 radical (unpaired) electrons. The van der Waals surface area contributed by atoms with Gasteiger partial charge in [0.1, 0.15) is 0 Å². The van der Waals surface area contributed by atoms with E-state index in [1.807, 2.05) is 0 Å². The summed E-state index contributed by atoms with van der Waals surface area (Å²) in [5.74, 6) is 1.74. The number of terminal acetylenes is 1. The van der Waals surface area contributed by atoms with Crippen molar-refractivity contribution in [2.75, 3.05) is 12.3 Å². The third-order valence-corrected chi connectivity index (χ3v) is 2.24. The molecule has 0 spiro atoms. The smallest absolute Gasteiger partial charge is 0.339 e. The van der Waals surface area contributed by atoms with Crippen LogP contribution in [0.1, 0.15) is 10.4 Å². The Bertz CT molecular complexity index is 396. The van der Waals surface area contributed by atoms with Gasteiger partial charge in [-0.05, 0) is 34.1 Å². The predicted octanol–water partition coefficient (Wildman–Crippen LogP) is 1.82. The predicted molar refractivity (Wildman–Crippen MR) is 57.7 cm³/mol. The standard InChI is InChI=1S/C10H8BrNO2/c1-2-5-14-10(13)7-3-4-8(11)9(12)6-7/h1,3-4,6H,5,12H2. The van der Waals surface area contributed by atoms with Crippen LogP contribution in [0.25, 0.3) is 0 Å². The molecule has 72 valence electrons. The number of esters is 1. The molecule has 4 heteroatoms. The van der Waals surface area contributed by atoms with Gasteiger partial charge < -0.3 is 10.5 Å². The fourth-order valence-electron chi connectivity index (χ4n) is 0.861. The number of nitrogens with two attached hydrogens (primary N) is 1. The van der Waals surface area contributed by atoms with Crippen LogP contribution in [0.15, 0.2) is 22.7 Å². The summed E-state index contributed by atoms with van der Waals surface area (Å²) < 4.78 is 5.47. The molecule has 2 N–H and O–H groups in total. The number of hydrogen-bond acceptors (Lipinski definition) is 3. The van der Waals surface area contributed by atoms with Gasteiger partial charge in [-0.25, -0.2) is 4.79 Å². The molecule has 14 heavy (non-hydrogen) atoms. The van der Waals surface area contributed by atoms with E-state index in [4.69, 9.17) is 16.9 Å². The van der Waals surface area contributed by atoms with Gasteiger partial charge in [-0.3, -0.25) is 0 Å². The fraction of sp³-hybridized carbons (Fsp3) is 0.100. The molecule has 1 aromatic carbocycles. The first kappa shape index (κ1) is 10.6. The van der Waals surface area contributed by atoms with Crippen molar-refractivity contribution in [1.82, 2.24) is 0 Å². The lowest BCUT2D eigenvalue weighted by molar-refractivity contribution is 0.0557. The van der Waals surface area contributed by atoms with Gasteiger partial charge in [0.25, 0.3) is 0 Å². The van der Waals surface area contributed by atoms with E-state index in [-0.39, 0.29) is 6.61 Å². The van der Waals surface area contributed by atoms with Crippen molar-refractivity contribution in [1.29, 1.82) is 0 Å². The normalized spacial score (nSPS) is 9.14. The largest absolute Gasteiger partial charge is 0.449 e. The molecule has 0 heterocycles. The summed E-state index contributed by atoms with van der Waals surface area (Å²) in [6.45, 7) is -0.0329. The Morgan fingerprint density at radius 2 is 2.36 bits per heavy atom. The molecule has 0 aromatic heterocycles. The van der Waals surface area contributed by atoms with Gasteiger partial charge in [-0.2, -0.15) is 0 Å². The summed E-state index contributed by atoms with van der Waals surface area (Å²) >= 11 is 3.22. The van der Waals surface area contributed by atoms with Crippen LogP contribution in [0.3, 0.4) is 0 Å². The highest BCUT2D eigenvalue weighted by Crippen LogP contribution is 2.20. The highest BCUT2D eigenvalue weighted by atomic mass is 79.9. The van der Waals surface area contributed by atoms with E-state index in [1.54, 1.807) is 12.1 Å². The Balaban J connectivity index is 2.82. The van der Waals surface area contributed by atoms with Crippen molar-refractivity contribution in [3.8, 4) is 12.3 Å². The van der Waals surface area contributed by atoms with Crippen LogP contribution < -0.4 is 5.73 Å². The van der Waals surface area contributed by atoms with Crippen molar-refractivity contribution in [2.45, 2.75) is 0 Å². The zero-order valence-electron chi connectivity index (χ0n) is 7.29. The van der Waals surface area contributed by atoms with Crippen LogP contribution >= 0.6 is 15.9 Å². The van der Waals surface area contributed by atoms with Gasteiger partial charge in [-0.1, -0.05) is 5.92 Å². The number of hydrogen-bond donors (Lipinski definition) is 1. The number of carbonyl (C=O) groups is 1. The molecule has 3 nitrogen and oxygen atoms in total. The molecule has 0 unspecified atom stereocenters. The summed E-state index contributed by atoms with van der Waals surface area (Å²) in [5, 5.41) is 0. The molecule has 0 amide bonds. The van der Waals surface area contributed by atoms with Crippen molar-refractivity contribution < 1.29 is 9.53 Å². The highest BCUT2D eigenvalue weighted by molar-refractivity contribution is 9.10. The molecule has 0 aliphatic rings. The van der Waals surface area contributed by atoms with Gasteiger partial charge in [-0.15, -0.1) is 6.42 Å².